The number of halogens is 1. The molecule has 1 aromatic carbocycles. The molecule has 5 nitrogen and oxygen atoms in total. The summed E-state index contributed by atoms with van der Waals surface area (Å²) in [5.41, 5.74) is 1.16. The van der Waals surface area contributed by atoms with Crippen molar-refractivity contribution in [1.29, 1.82) is 0 Å². The van der Waals surface area contributed by atoms with Crippen LogP contribution in [0.4, 0.5) is 10.1 Å². The monoisotopic (exact) mass is 345 g/mol. The molecule has 124 valence electrons. The van der Waals surface area contributed by atoms with E-state index in [0.717, 1.165) is 10.7 Å². The van der Waals surface area contributed by atoms with Crippen LogP contribution in [-0.2, 0) is 16.1 Å². The van der Waals surface area contributed by atoms with Crippen LogP contribution in [0.5, 0.6) is 0 Å². The molecule has 1 atom stereocenters. The van der Waals surface area contributed by atoms with Gasteiger partial charge in [-0.15, -0.1) is 0 Å². The zero-order chi connectivity index (χ0) is 17.1. The summed E-state index contributed by atoms with van der Waals surface area (Å²) in [5.74, 6) is -0.794. The van der Waals surface area contributed by atoms with Crippen LogP contribution in [0.15, 0.2) is 47.6 Å². The average Bonchev–Trinajstić information content (AvgIpc) is 2.59. The summed E-state index contributed by atoms with van der Waals surface area (Å²) in [6, 6.07) is 9.86. The van der Waals surface area contributed by atoms with Crippen molar-refractivity contribution < 1.29 is 14.0 Å². The molecule has 0 saturated heterocycles. The van der Waals surface area contributed by atoms with E-state index in [0.29, 0.717) is 5.56 Å². The van der Waals surface area contributed by atoms with Crippen molar-refractivity contribution in [2.24, 2.45) is 0 Å². The lowest BCUT2D eigenvalue weighted by Crippen LogP contribution is -2.41. The first-order chi connectivity index (χ1) is 11.6. The Balaban J connectivity index is 1.63. The summed E-state index contributed by atoms with van der Waals surface area (Å²) in [7, 11) is 1.67. The number of carbonyl (C=O) groups is 2. The third-order valence-corrected chi connectivity index (χ3v) is 4.97. The predicted octanol–water partition coefficient (Wildman–Crippen LogP) is 2.36. The molecule has 1 unspecified atom stereocenters. The number of aromatic nitrogens is 1. The molecule has 0 spiro atoms. The molecule has 0 bridgehead atoms. The van der Waals surface area contributed by atoms with Crippen LogP contribution >= 0.6 is 11.8 Å². The Morgan fingerprint density at radius 1 is 1.33 bits per heavy atom. The molecule has 0 radical (unpaired) electrons. The van der Waals surface area contributed by atoms with Gasteiger partial charge in [0.05, 0.1) is 10.9 Å². The van der Waals surface area contributed by atoms with Gasteiger partial charge in [0.2, 0.25) is 11.8 Å². The minimum absolute atomic E-state index is 0.0261. The molecule has 24 heavy (non-hydrogen) atoms. The molecular weight excluding hydrogens is 329 g/mol. The topological polar surface area (TPSA) is 62.3 Å². The van der Waals surface area contributed by atoms with Gasteiger partial charge in [0, 0.05) is 31.8 Å². The normalized spacial score (nSPS) is 16.7. The highest BCUT2D eigenvalue weighted by Crippen LogP contribution is 2.37. The number of nitrogens with one attached hydrogen (secondary N) is 1. The summed E-state index contributed by atoms with van der Waals surface area (Å²) in [4.78, 5) is 30.3. The number of nitrogens with zero attached hydrogens (tertiary/aromatic N) is 2. The molecule has 1 aromatic heterocycles. The fraction of sp³-hybridized carbons (Fsp3) is 0.235. The number of pyridine rings is 1. The lowest BCUT2D eigenvalue weighted by atomic mass is 10.2. The lowest BCUT2D eigenvalue weighted by Gasteiger charge is -2.29. The summed E-state index contributed by atoms with van der Waals surface area (Å²) in [6.07, 6.45) is 1.68. The van der Waals surface area contributed by atoms with E-state index in [2.05, 4.69) is 10.3 Å². The maximum atomic E-state index is 13.6. The van der Waals surface area contributed by atoms with Crippen molar-refractivity contribution in [1.82, 2.24) is 10.3 Å². The number of benzene rings is 1. The van der Waals surface area contributed by atoms with Gasteiger partial charge >= 0.3 is 0 Å². The van der Waals surface area contributed by atoms with Gasteiger partial charge in [0.25, 0.3) is 0 Å². The smallest absolute Gasteiger partial charge is 0.240 e. The number of thioether (sulfide) groups is 1. The van der Waals surface area contributed by atoms with Crippen LogP contribution in [0.1, 0.15) is 12.0 Å². The maximum Gasteiger partial charge on any atom is 0.240 e. The predicted molar refractivity (Wildman–Crippen MR) is 90.2 cm³/mol. The van der Waals surface area contributed by atoms with Crippen LogP contribution < -0.4 is 10.2 Å². The van der Waals surface area contributed by atoms with Gasteiger partial charge in [0.15, 0.2) is 0 Å². The molecule has 2 heterocycles. The first-order valence-corrected chi connectivity index (χ1v) is 8.33. The molecular formula is C17H16FN3O2S. The Bertz CT molecular complexity index is 784. The number of anilines is 1. The molecule has 2 amide bonds. The molecule has 1 N–H and O–H groups in total. The molecule has 0 saturated carbocycles. The van der Waals surface area contributed by atoms with Gasteiger partial charge in [-0.05, 0) is 18.2 Å². The number of hydrogen-bond acceptors (Lipinski definition) is 4. The zero-order valence-electron chi connectivity index (χ0n) is 13.0. The maximum absolute atomic E-state index is 13.6. The minimum Gasteiger partial charge on any atom is -0.352 e. The van der Waals surface area contributed by atoms with Gasteiger partial charge in [-0.1, -0.05) is 30.0 Å². The Hall–Kier alpha value is -2.41. The lowest BCUT2D eigenvalue weighted by molar-refractivity contribution is -0.124. The van der Waals surface area contributed by atoms with E-state index in [9.17, 15) is 14.0 Å². The molecule has 2 aromatic rings. The molecule has 0 fully saturated rings. The van der Waals surface area contributed by atoms with E-state index in [1.165, 1.54) is 22.7 Å². The quantitative estimate of drug-likeness (QED) is 0.924. The number of rotatable bonds is 4. The number of amides is 2. The Kier molecular flexibility index (Phi) is 4.80. The van der Waals surface area contributed by atoms with Crippen molar-refractivity contribution in [3.05, 3.63) is 54.0 Å². The van der Waals surface area contributed by atoms with Crippen LogP contribution in [-0.4, -0.2) is 29.1 Å². The van der Waals surface area contributed by atoms with Crippen LogP contribution in [0.25, 0.3) is 0 Å². The molecule has 3 rings (SSSR count). The first-order valence-electron chi connectivity index (χ1n) is 7.45. The average molecular weight is 345 g/mol. The highest BCUT2D eigenvalue weighted by molar-refractivity contribution is 8.00. The van der Waals surface area contributed by atoms with Gasteiger partial charge < -0.3 is 10.2 Å². The van der Waals surface area contributed by atoms with E-state index in [-0.39, 0.29) is 30.6 Å². The molecule has 0 aliphatic carbocycles. The fourth-order valence-corrected chi connectivity index (χ4v) is 3.66. The highest BCUT2D eigenvalue weighted by atomic mass is 32.2. The van der Waals surface area contributed by atoms with Crippen molar-refractivity contribution in [3.8, 4) is 0 Å². The van der Waals surface area contributed by atoms with E-state index >= 15 is 0 Å². The third-order valence-electron chi connectivity index (χ3n) is 3.78. The summed E-state index contributed by atoms with van der Waals surface area (Å²) < 4.78 is 13.6. The molecule has 1 aliphatic heterocycles. The van der Waals surface area contributed by atoms with E-state index in [1.54, 1.807) is 37.5 Å². The summed E-state index contributed by atoms with van der Waals surface area (Å²) in [6.45, 7) is 0.0990. The molecule has 7 heteroatoms. The standard InChI is InChI=1S/C17H16FN3O2S/c1-21-13-7-4-8-19-16(13)24-14(17(21)23)9-15(22)20-10-11-5-2-3-6-12(11)18/h2-8,14H,9-10H2,1H3,(H,20,22). The largest absolute Gasteiger partial charge is 0.352 e. The SMILES string of the molecule is CN1C(=O)C(CC(=O)NCc2ccccc2F)Sc2ncccc21. The number of hydrogen-bond donors (Lipinski definition) is 1. The van der Waals surface area contributed by atoms with Crippen LogP contribution in [0.3, 0.4) is 0 Å². The number of fused-ring (bicyclic) bond motifs is 1. The van der Waals surface area contributed by atoms with E-state index in [4.69, 9.17) is 0 Å². The third kappa shape index (κ3) is 3.41. The van der Waals surface area contributed by atoms with E-state index in [1.807, 2.05) is 6.07 Å². The van der Waals surface area contributed by atoms with Crippen LogP contribution in [0.2, 0.25) is 0 Å². The van der Waals surface area contributed by atoms with Crippen molar-refractivity contribution in [3.63, 3.8) is 0 Å². The Morgan fingerprint density at radius 2 is 2.12 bits per heavy atom. The van der Waals surface area contributed by atoms with Gasteiger partial charge in [-0.25, -0.2) is 9.37 Å². The second kappa shape index (κ2) is 7.00. The second-order valence-electron chi connectivity index (χ2n) is 5.40. The fourth-order valence-electron chi connectivity index (χ4n) is 2.45. The van der Waals surface area contributed by atoms with E-state index < -0.39 is 5.25 Å². The second-order valence-corrected chi connectivity index (χ2v) is 6.60. The van der Waals surface area contributed by atoms with Crippen molar-refractivity contribution >= 4 is 29.3 Å². The van der Waals surface area contributed by atoms with Gasteiger partial charge in [0.1, 0.15) is 10.8 Å². The summed E-state index contributed by atoms with van der Waals surface area (Å²) >= 11 is 1.28. The van der Waals surface area contributed by atoms with Crippen LogP contribution in [0, 0.1) is 5.82 Å². The number of carbonyl (C=O) groups excluding carboxylic acids is 2. The molecule has 1 aliphatic rings. The van der Waals surface area contributed by atoms with Crippen molar-refractivity contribution in [2.45, 2.75) is 23.2 Å². The summed E-state index contributed by atoms with van der Waals surface area (Å²) in [5, 5.41) is 2.86. The van der Waals surface area contributed by atoms with Gasteiger partial charge in [-0.3, -0.25) is 9.59 Å². The zero-order valence-corrected chi connectivity index (χ0v) is 13.8. The Morgan fingerprint density at radius 3 is 2.92 bits per heavy atom. The van der Waals surface area contributed by atoms with Gasteiger partial charge in [-0.2, -0.15) is 0 Å². The van der Waals surface area contributed by atoms with Crippen molar-refractivity contribution in [2.75, 3.05) is 11.9 Å². The first kappa shape index (κ1) is 16.4. The minimum atomic E-state index is -0.530. The Labute approximate surface area is 143 Å². The highest BCUT2D eigenvalue weighted by Gasteiger charge is 2.33.